The Hall–Kier alpha value is -0.670. The van der Waals surface area contributed by atoms with Crippen LogP contribution in [0.15, 0.2) is 28.7 Å². The van der Waals surface area contributed by atoms with Gasteiger partial charge in [-0.3, -0.25) is 10.1 Å². The molecule has 1 aromatic carbocycles. The molecule has 1 aliphatic carbocycles. The third-order valence-corrected chi connectivity index (χ3v) is 6.03. The van der Waals surface area contributed by atoms with E-state index in [9.17, 15) is 10.1 Å². The average Bonchev–Trinajstić information content (AvgIpc) is 2.82. The molecule has 0 amide bonds. The first kappa shape index (κ1) is 15.2. The Bertz CT molecular complexity index is 704. The molecule has 1 N–H and O–H groups in total. The third kappa shape index (κ3) is 3.24. The molecule has 0 fully saturated rings. The zero-order chi connectivity index (χ0) is 15.0. The fraction of sp³-hybridized carbons (Fsp3) is 0.286. The molecule has 0 radical (unpaired) electrons. The number of rotatable bonds is 3. The van der Waals surface area contributed by atoms with Crippen LogP contribution in [0.4, 0.5) is 11.4 Å². The summed E-state index contributed by atoms with van der Waals surface area (Å²) < 4.78 is 1.99. The fourth-order valence-corrected chi connectivity index (χ4v) is 5.11. The number of nitrogens with zero attached hydrogens (tertiary/aromatic N) is 1. The normalized spacial score (nSPS) is 17.3. The van der Waals surface area contributed by atoms with Gasteiger partial charge in [0.2, 0.25) is 0 Å². The molecule has 0 saturated heterocycles. The molecule has 1 unspecified atom stereocenters. The first-order valence-electron chi connectivity index (χ1n) is 6.53. The number of nitro groups is 1. The Balaban J connectivity index is 1.93. The molecule has 7 heteroatoms. The molecule has 0 aliphatic heterocycles. The summed E-state index contributed by atoms with van der Waals surface area (Å²) in [5.41, 5.74) is 2.00. The molecule has 1 atom stereocenters. The predicted octanol–water partition coefficient (Wildman–Crippen LogP) is 5.51. The van der Waals surface area contributed by atoms with Crippen molar-refractivity contribution >= 4 is 61.2 Å². The number of anilines is 1. The average molecular weight is 479 g/mol. The van der Waals surface area contributed by atoms with Gasteiger partial charge in [-0.25, -0.2) is 0 Å². The summed E-state index contributed by atoms with van der Waals surface area (Å²) in [7, 11) is 0. The molecule has 0 bridgehead atoms. The van der Waals surface area contributed by atoms with E-state index < -0.39 is 0 Å². The summed E-state index contributed by atoms with van der Waals surface area (Å²) in [6.07, 6.45) is 3.24. The Kier molecular flexibility index (Phi) is 4.51. The van der Waals surface area contributed by atoms with Crippen LogP contribution in [0.1, 0.15) is 29.3 Å². The van der Waals surface area contributed by atoms with Gasteiger partial charge in [-0.05, 0) is 65.6 Å². The molecule has 2 aromatic rings. The molecular formula is C14H12BrIN2O2S. The lowest BCUT2D eigenvalue weighted by molar-refractivity contribution is -0.384. The van der Waals surface area contributed by atoms with Crippen molar-refractivity contribution in [3.63, 3.8) is 0 Å². The van der Waals surface area contributed by atoms with E-state index in [2.05, 4.69) is 49.9 Å². The molecule has 110 valence electrons. The predicted molar refractivity (Wildman–Crippen MR) is 97.1 cm³/mol. The monoisotopic (exact) mass is 478 g/mol. The van der Waals surface area contributed by atoms with Gasteiger partial charge in [0, 0.05) is 15.4 Å². The Morgan fingerprint density at radius 1 is 1.43 bits per heavy atom. The van der Waals surface area contributed by atoms with Crippen molar-refractivity contribution in [2.75, 3.05) is 5.32 Å². The lowest BCUT2D eigenvalue weighted by atomic mass is 9.94. The van der Waals surface area contributed by atoms with Crippen LogP contribution in [0.25, 0.3) is 0 Å². The van der Waals surface area contributed by atoms with Crippen LogP contribution in [-0.4, -0.2) is 4.92 Å². The Morgan fingerprint density at radius 2 is 2.24 bits per heavy atom. The first-order valence-corrected chi connectivity index (χ1v) is 9.22. The van der Waals surface area contributed by atoms with Gasteiger partial charge in [-0.2, -0.15) is 0 Å². The van der Waals surface area contributed by atoms with E-state index in [1.807, 2.05) is 17.4 Å². The first-order chi connectivity index (χ1) is 10.0. The second-order valence-electron chi connectivity index (χ2n) is 4.94. The number of hydrogen-bond donors (Lipinski definition) is 1. The van der Waals surface area contributed by atoms with Crippen molar-refractivity contribution in [1.82, 2.24) is 0 Å². The minimum Gasteiger partial charge on any atom is -0.373 e. The second kappa shape index (κ2) is 6.21. The van der Waals surface area contributed by atoms with Crippen LogP contribution in [0, 0.1) is 13.0 Å². The van der Waals surface area contributed by atoms with E-state index in [0.29, 0.717) is 10.2 Å². The topological polar surface area (TPSA) is 55.2 Å². The van der Waals surface area contributed by atoms with Gasteiger partial charge >= 0.3 is 0 Å². The fourth-order valence-electron chi connectivity index (χ4n) is 2.64. The van der Waals surface area contributed by atoms with Gasteiger partial charge in [-0.1, -0.05) is 15.9 Å². The molecule has 1 aliphatic rings. The van der Waals surface area contributed by atoms with E-state index in [-0.39, 0.29) is 16.7 Å². The number of hydrogen-bond acceptors (Lipinski definition) is 4. The number of halogens is 2. The molecule has 3 rings (SSSR count). The largest absolute Gasteiger partial charge is 0.373 e. The maximum atomic E-state index is 11.2. The van der Waals surface area contributed by atoms with Gasteiger partial charge in [0.1, 0.15) is 5.69 Å². The van der Waals surface area contributed by atoms with E-state index >= 15 is 0 Å². The zero-order valence-electron chi connectivity index (χ0n) is 10.9. The van der Waals surface area contributed by atoms with E-state index in [4.69, 9.17) is 0 Å². The van der Waals surface area contributed by atoms with Crippen molar-refractivity contribution in [2.24, 2.45) is 0 Å². The highest BCUT2D eigenvalue weighted by molar-refractivity contribution is 14.1. The highest BCUT2D eigenvalue weighted by atomic mass is 127. The Labute approximate surface area is 148 Å². The molecule has 4 nitrogen and oxygen atoms in total. The summed E-state index contributed by atoms with van der Waals surface area (Å²) in [4.78, 5) is 12.3. The molecule has 1 heterocycles. The lowest BCUT2D eigenvalue weighted by Gasteiger charge is -2.24. The number of benzene rings is 1. The highest BCUT2D eigenvalue weighted by Gasteiger charge is 2.25. The second-order valence-corrected chi connectivity index (χ2v) is 8.88. The van der Waals surface area contributed by atoms with Crippen molar-refractivity contribution in [1.29, 1.82) is 0 Å². The molecular weight excluding hydrogens is 467 g/mol. The maximum absolute atomic E-state index is 11.2. The number of nitro benzene ring substituents is 1. The molecule has 21 heavy (non-hydrogen) atoms. The lowest BCUT2D eigenvalue weighted by Crippen LogP contribution is -2.16. The smallest absolute Gasteiger partial charge is 0.293 e. The summed E-state index contributed by atoms with van der Waals surface area (Å²) >= 11 is 7.45. The van der Waals surface area contributed by atoms with Crippen molar-refractivity contribution < 1.29 is 4.92 Å². The number of thiophene rings is 1. The molecule has 1 aromatic heterocycles. The van der Waals surface area contributed by atoms with E-state index in [0.717, 1.165) is 19.3 Å². The summed E-state index contributed by atoms with van der Waals surface area (Å²) in [5, 5.41) is 14.6. The van der Waals surface area contributed by atoms with Crippen LogP contribution in [0.3, 0.4) is 0 Å². The standard InChI is InChI=1S/C14H12BrIN2O2S/c15-8-4-5-11(12(6-8)18(19)20)17-10-2-1-3-13-9(10)7-14(16)21-13/h4-7,10,17H,1-3H2. The molecule has 0 spiro atoms. The Morgan fingerprint density at radius 3 is 3.00 bits per heavy atom. The van der Waals surface area contributed by atoms with Gasteiger partial charge < -0.3 is 5.32 Å². The van der Waals surface area contributed by atoms with Gasteiger partial charge in [0.05, 0.1) is 13.8 Å². The van der Waals surface area contributed by atoms with E-state index in [1.165, 1.54) is 13.3 Å². The third-order valence-electron chi connectivity index (χ3n) is 3.57. The summed E-state index contributed by atoms with van der Waals surface area (Å²) in [5.74, 6) is 0. The van der Waals surface area contributed by atoms with Crippen molar-refractivity contribution in [2.45, 2.75) is 25.3 Å². The molecule has 0 saturated carbocycles. The van der Waals surface area contributed by atoms with Crippen LogP contribution in [0.5, 0.6) is 0 Å². The van der Waals surface area contributed by atoms with Gasteiger partial charge in [-0.15, -0.1) is 11.3 Å². The minimum atomic E-state index is -0.339. The highest BCUT2D eigenvalue weighted by Crippen LogP contribution is 2.39. The number of fused-ring (bicyclic) bond motifs is 1. The maximum Gasteiger partial charge on any atom is 0.293 e. The van der Waals surface area contributed by atoms with Crippen molar-refractivity contribution in [3.05, 3.63) is 52.2 Å². The summed E-state index contributed by atoms with van der Waals surface area (Å²) in [6, 6.07) is 7.50. The van der Waals surface area contributed by atoms with Crippen LogP contribution < -0.4 is 5.32 Å². The SMILES string of the molecule is O=[N+]([O-])c1cc(Br)ccc1NC1CCCc2sc(I)cc21. The quantitative estimate of drug-likeness (QED) is 0.359. The van der Waals surface area contributed by atoms with Gasteiger partial charge in [0.25, 0.3) is 5.69 Å². The minimum absolute atomic E-state index is 0.112. The zero-order valence-corrected chi connectivity index (χ0v) is 15.5. The van der Waals surface area contributed by atoms with E-state index in [1.54, 1.807) is 12.1 Å². The number of nitrogens with one attached hydrogen (secondary N) is 1. The van der Waals surface area contributed by atoms with Gasteiger partial charge in [0.15, 0.2) is 0 Å². The van der Waals surface area contributed by atoms with Crippen LogP contribution in [-0.2, 0) is 6.42 Å². The summed E-state index contributed by atoms with van der Waals surface area (Å²) in [6.45, 7) is 0. The van der Waals surface area contributed by atoms with Crippen molar-refractivity contribution in [3.8, 4) is 0 Å². The number of aryl methyl sites for hydroxylation is 1. The van der Waals surface area contributed by atoms with Crippen LogP contribution in [0.2, 0.25) is 0 Å². The van der Waals surface area contributed by atoms with Crippen LogP contribution >= 0.6 is 49.9 Å².